The first-order valence-electron chi connectivity index (χ1n) is 10.1. The van der Waals surface area contributed by atoms with Crippen LogP contribution in [-0.2, 0) is 11.8 Å². The quantitative estimate of drug-likeness (QED) is 0.569. The van der Waals surface area contributed by atoms with Gasteiger partial charge in [-0.25, -0.2) is 9.38 Å². The molecular weight excluding hydrogens is 373 g/mol. The predicted octanol–water partition coefficient (Wildman–Crippen LogP) is 2.76. The summed E-state index contributed by atoms with van der Waals surface area (Å²) in [4.78, 5) is 6.97. The van der Waals surface area contributed by atoms with E-state index in [0.717, 1.165) is 31.0 Å². The second-order valence-electron chi connectivity index (χ2n) is 7.03. The lowest BCUT2D eigenvalue weighted by Gasteiger charge is -2.35. The lowest BCUT2D eigenvalue weighted by molar-refractivity contribution is -0.00810. The van der Waals surface area contributed by atoms with E-state index < -0.39 is 0 Å². The molecule has 3 rings (SSSR count). The summed E-state index contributed by atoms with van der Waals surface area (Å²) < 4.78 is 27.5. The molecule has 1 N–H and O–H groups in total. The van der Waals surface area contributed by atoms with Crippen LogP contribution in [0.3, 0.4) is 0 Å². The van der Waals surface area contributed by atoms with E-state index in [-0.39, 0.29) is 23.8 Å². The normalized spacial score (nSPS) is 18.6. The predicted molar refractivity (Wildman–Crippen MR) is 111 cm³/mol. The summed E-state index contributed by atoms with van der Waals surface area (Å²) >= 11 is 0. The zero-order valence-electron chi connectivity index (χ0n) is 17.3. The molecule has 0 saturated carbocycles. The molecule has 0 spiro atoms. The van der Waals surface area contributed by atoms with Gasteiger partial charge in [-0.05, 0) is 25.5 Å². The van der Waals surface area contributed by atoms with Gasteiger partial charge < -0.3 is 19.7 Å². The summed E-state index contributed by atoms with van der Waals surface area (Å²) in [6, 6.07) is 6.47. The number of ether oxygens (including phenoxy) is 2. The van der Waals surface area contributed by atoms with Crippen LogP contribution in [0.5, 0.6) is 5.75 Å². The van der Waals surface area contributed by atoms with E-state index in [4.69, 9.17) is 14.5 Å². The molecule has 0 aliphatic carbocycles. The Morgan fingerprint density at radius 3 is 2.93 bits per heavy atom. The molecule has 2 heterocycles. The van der Waals surface area contributed by atoms with Crippen molar-refractivity contribution >= 4 is 5.96 Å². The van der Waals surface area contributed by atoms with Gasteiger partial charge in [-0.2, -0.15) is 5.10 Å². The highest BCUT2D eigenvalue weighted by Crippen LogP contribution is 2.22. The van der Waals surface area contributed by atoms with Gasteiger partial charge in [-0.3, -0.25) is 4.68 Å². The minimum absolute atomic E-state index is 0.0436. The van der Waals surface area contributed by atoms with Gasteiger partial charge in [0.05, 0.1) is 25.9 Å². The van der Waals surface area contributed by atoms with Crippen molar-refractivity contribution in [1.29, 1.82) is 0 Å². The van der Waals surface area contributed by atoms with Crippen molar-refractivity contribution < 1.29 is 13.9 Å². The molecule has 1 aliphatic rings. The summed E-state index contributed by atoms with van der Waals surface area (Å²) in [7, 11) is 1.90. The molecule has 8 heteroatoms. The van der Waals surface area contributed by atoms with Crippen LogP contribution >= 0.6 is 0 Å². The van der Waals surface area contributed by atoms with Gasteiger partial charge in [0.25, 0.3) is 0 Å². The highest BCUT2D eigenvalue weighted by atomic mass is 19.1. The monoisotopic (exact) mass is 403 g/mol. The molecule has 2 atom stereocenters. The molecule has 0 radical (unpaired) electrons. The summed E-state index contributed by atoms with van der Waals surface area (Å²) in [6.45, 7) is 7.34. The van der Waals surface area contributed by atoms with Crippen LogP contribution in [0, 0.1) is 5.82 Å². The molecular formula is C21H30FN5O2. The summed E-state index contributed by atoms with van der Waals surface area (Å²) in [5.74, 6) is 0.733. The first kappa shape index (κ1) is 21.1. The third kappa shape index (κ3) is 5.69. The molecule has 1 aliphatic heterocycles. The van der Waals surface area contributed by atoms with Gasteiger partial charge in [-0.15, -0.1) is 0 Å². The smallest absolute Gasteiger partial charge is 0.194 e. The minimum atomic E-state index is -0.352. The summed E-state index contributed by atoms with van der Waals surface area (Å²) in [5.41, 5.74) is 1.06. The Balaban J connectivity index is 1.67. The molecule has 158 valence electrons. The number of nitrogens with one attached hydrogen (secondary N) is 1. The fourth-order valence-corrected chi connectivity index (χ4v) is 3.23. The van der Waals surface area contributed by atoms with Crippen LogP contribution in [0.1, 0.15) is 31.9 Å². The fourth-order valence-electron chi connectivity index (χ4n) is 3.23. The Morgan fingerprint density at radius 2 is 2.24 bits per heavy atom. The van der Waals surface area contributed by atoms with Crippen molar-refractivity contribution in [2.75, 3.05) is 32.8 Å². The van der Waals surface area contributed by atoms with Crippen molar-refractivity contribution in [3.05, 3.63) is 48.0 Å². The lowest BCUT2D eigenvalue weighted by Crippen LogP contribution is -2.48. The number of hydrogen-bond acceptors (Lipinski definition) is 4. The van der Waals surface area contributed by atoms with Gasteiger partial charge in [-0.1, -0.05) is 19.1 Å². The second kappa shape index (κ2) is 10.2. The first-order chi connectivity index (χ1) is 14.1. The highest BCUT2D eigenvalue weighted by Gasteiger charge is 2.25. The van der Waals surface area contributed by atoms with E-state index >= 15 is 0 Å². The van der Waals surface area contributed by atoms with Crippen molar-refractivity contribution in [1.82, 2.24) is 20.0 Å². The number of aromatic nitrogens is 2. The molecule has 0 bridgehead atoms. The molecule has 7 nitrogen and oxygen atoms in total. The Morgan fingerprint density at radius 1 is 1.41 bits per heavy atom. The minimum Gasteiger partial charge on any atom is -0.485 e. The van der Waals surface area contributed by atoms with E-state index in [1.807, 2.05) is 33.3 Å². The molecule has 2 unspecified atom stereocenters. The average Bonchev–Trinajstić information content (AvgIpc) is 3.18. The maximum atomic E-state index is 13.9. The van der Waals surface area contributed by atoms with Gasteiger partial charge in [0.2, 0.25) is 0 Å². The molecule has 1 aromatic carbocycles. The van der Waals surface area contributed by atoms with Crippen molar-refractivity contribution in [2.45, 2.75) is 32.5 Å². The molecule has 0 amide bonds. The standard InChI is InChI=1S/C21H30FN5O2/c1-4-17(29-19-9-7-6-8-18(19)22)13-24-21(23-5-2)27-10-11-28-20(15-27)16-12-25-26(3)14-16/h6-9,12,14,17,20H,4-5,10-11,13,15H2,1-3H3,(H,23,24). The number of halogens is 1. The topological polar surface area (TPSA) is 63.9 Å². The Hall–Kier alpha value is -2.61. The van der Waals surface area contributed by atoms with Crippen molar-refractivity contribution in [3.63, 3.8) is 0 Å². The van der Waals surface area contributed by atoms with E-state index in [2.05, 4.69) is 15.3 Å². The zero-order chi connectivity index (χ0) is 20.6. The number of nitrogens with zero attached hydrogens (tertiary/aromatic N) is 4. The van der Waals surface area contributed by atoms with Gasteiger partial charge in [0.15, 0.2) is 17.5 Å². The number of rotatable bonds is 7. The van der Waals surface area contributed by atoms with Crippen LogP contribution in [0.4, 0.5) is 4.39 Å². The maximum Gasteiger partial charge on any atom is 0.194 e. The van der Waals surface area contributed by atoms with E-state index in [1.54, 1.807) is 22.9 Å². The van der Waals surface area contributed by atoms with Crippen LogP contribution in [0.25, 0.3) is 0 Å². The zero-order valence-corrected chi connectivity index (χ0v) is 17.3. The third-order valence-corrected chi connectivity index (χ3v) is 4.83. The number of aryl methyl sites for hydroxylation is 1. The molecule has 1 saturated heterocycles. The van der Waals surface area contributed by atoms with Crippen molar-refractivity contribution in [2.24, 2.45) is 12.0 Å². The molecule has 1 fully saturated rings. The molecule has 29 heavy (non-hydrogen) atoms. The Kier molecular flexibility index (Phi) is 7.46. The van der Waals surface area contributed by atoms with E-state index in [1.165, 1.54) is 6.07 Å². The van der Waals surface area contributed by atoms with Crippen molar-refractivity contribution in [3.8, 4) is 5.75 Å². The fraction of sp³-hybridized carbons (Fsp3) is 0.524. The number of guanidine groups is 1. The van der Waals surface area contributed by atoms with Gasteiger partial charge in [0.1, 0.15) is 12.2 Å². The number of aliphatic imine (C=N–C) groups is 1. The van der Waals surface area contributed by atoms with Gasteiger partial charge in [0, 0.05) is 31.9 Å². The van der Waals surface area contributed by atoms with Gasteiger partial charge >= 0.3 is 0 Å². The summed E-state index contributed by atoms with van der Waals surface area (Å²) in [5, 5.41) is 7.59. The lowest BCUT2D eigenvalue weighted by atomic mass is 10.1. The maximum absolute atomic E-state index is 13.9. The largest absolute Gasteiger partial charge is 0.485 e. The third-order valence-electron chi connectivity index (χ3n) is 4.83. The van der Waals surface area contributed by atoms with Crippen LogP contribution in [0.15, 0.2) is 41.7 Å². The average molecular weight is 404 g/mol. The Bertz CT molecular complexity index is 810. The van der Waals surface area contributed by atoms with Crippen LogP contribution in [0.2, 0.25) is 0 Å². The second-order valence-corrected chi connectivity index (χ2v) is 7.03. The van der Waals surface area contributed by atoms with Crippen LogP contribution in [-0.4, -0.2) is 59.5 Å². The molecule has 1 aromatic heterocycles. The number of para-hydroxylation sites is 1. The summed E-state index contributed by atoms with van der Waals surface area (Å²) in [6.07, 6.45) is 4.31. The van der Waals surface area contributed by atoms with E-state index in [0.29, 0.717) is 19.7 Å². The van der Waals surface area contributed by atoms with E-state index in [9.17, 15) is 4.39 Å². The SMILES string of the molecule is CCNC(=NCC(CC)Oc1ccccc1F)N1CCOC(c2cnn(C)c2)C1. The van der Waals surface area contributed by atoms with Crippen LogP contribution < -0.4 is 10.1 Å². The number of hydrogen-bond donors (Lipinski definition) is 1. The highest BCUT2D eigenvalue weighted by molar-refractivity contribution is 5.80. The molecule has 2 aromatic rings. The number of morpholine rings is 1. The number of benzene rings is 1. The Labute approximate surface area is 171 Å². The first-order valence-corrected chi connectivity index (χ1v) is 10.1.